The number of rotatable bonds is 5. The van der Waals surface area contributed by atoms with Gasteiger partial charge < -0.3 is 14.8 Å². The lowest BCUT2D eigenvalue weighted by atomic mass is 10.2. The maximum atomic E-state index is 13.7. The number of methoxy groups -OCH3 is 1. The molecule has 7 heteroatoms. The van der Waals surface area contributed by atoms with Gasteiger partial charge in [-0.3, -0.25) is 4.79 Å². The molecule has 1 aliphatic heterocycles. The van der Waals surface area contributed by atoms with Gasteiger partial charge in [-0.05, 0) is 29.8 Å². The average Bonchev–Trinajstić information content (AvgIpc) is 2.92. The Kier molecular flexibility index (Phi) is 5.35. The SMILES string of the molecule is COc1cc(/C=C2/SC(=S)NC2=O)ccc1OCc1ccccc1F. The van der Waals surface area contributed by atoms with Gasteiger partial charge in [0.1, 0.15) is 16.7 Å². The van der Waals surface area contributed by atoms with Crippen LogP contribution < -0.4 is 14.8 Å². The number of amides is 1. The van der Waals surface area contributed by atoms with Crippen molar-refractivity contribution in [3.05, 3.63) is 64.3 Å². The molecule has 0 bridgehead atoms. The van der Waals surface area contributed by atoms with Crippen molar-refractivity contribution < 1.29 is 18.7 Å². The van der Waals surface area contributed by atoms with E-state index >= 15 is 0 Å². The molecule has 0 aliphatic carbocycles. The van der Waals surface area contributed by atoms with Crippen LogP contribution in [0.4, 0.5) is 4.39 Å². The Labute approximate surface area is 154 Å². The third-order valence-electron chi connectivity index (χ3n) is 3.47. The summed E-state index contributed by atoms with van der Waals surface area (Å²) in [6.07, 6.45) is 1.72. The number of hydrogen-bond donors (Lipinski definition) is 1. The van der Waals surface area contributed by atoms with E-state index in [2.05, 4.69) is 5.32 Å². The molecule has 128 valence electrons. The molecule has 2 aromatic rings. The predicted molar refractivity (Wildman–Crippen MR) is 100 cm³/mol. The number of nitrogens with one attached hydrogen (secondary N) is 1. The fraction of sp³-hybridized carbons (Fsp3) is 0.111. The lowest BCUT2D eigenvalue weighted by Crippen LogP contribution is -2.17. The number of benzene rings is 2. The van der Waals surface area contributed by atoms with E-state index in [0.717, 1.165) is 5.56 Å². The Morgan fingerprint density at radius 2 is 2.04 bits per heavy atom. The van der Waals surface area contributed by atoms with Crippen molar-refractivity contribution in [1.29, 1.82) is 0 Å². The molecular weight excluding hydrogens is 361 g/mol. The molecule has 1 fully saturated rings. The van der Waals surface area contributed by atoms with Crippen molar-refractivity contribution in [2.45, 2.75) is 6.61 Å². The highest BCUT2D eigenvalue weighted by atomic mass is 32.2. The van der Waals surface area contributed by atoms with Gasteiger partial charge in [-0.1, -0.05) is 48.2 Å². The zero-order valence-corrected chi connectivity index (χ0v) is 14.9. The number of ether oxygens (including phenoxy) is 2. The number of carbonyl (C=O) groups is 1. The molecule has 1 N–H and O–H groups in total. The lowest BCUT2D eigenvalue weighted by Gasteiger charge is -2.12. The van der Waals surface area contributed by atoms with Gasteiger partial charge >= 0.3 is 0 Å². The summed E-state index contributed by atoms with van der Waals surface area (Å²) in [6.45, 7) is 0.0933. The fourth-order valence-corrected chi connectivity index (χ4v) is 3.28. The second-order valence-electron chi connectivity index (χ2n) is 5.14. The molecule has 0 radical (unpaired) electrons. The molecule has 1 heterocycles. The minimum atomic E-state index is -0.317. The topological polar surface area (TPSA) is 47.6 Å². The summed E-state index contributed by atoms with van der Waals surface area (Å²) < 4.78 is 25.1. The van der Waals surface area contributed by atoms with Gasteiger partial charge in [0.2, 0.25) is 0 Å². The van der Waals surface area contributed by atoms with Crippen LogP contribution in [-0.4, -0.2) is 17.3 Å². The zero-order chi connectivity index (χ0) is 17.8. The van der Waals surface area contributed by atoms with Crippen LogP contribution in [0, 0.1) is 5.82 Å². The van der Waals surface area contributed by atoms with Crippen molar-refractivity contribution in [1.82, 2.24) is 5.32 Å². The van der Waals surface area contributed by atoms with Crippen molar-refractivity contribution in [2.24, 2.45) is 0 Å². The molecule has 2 aromatic carbocycles. The summed E-state index contributed by atoms with van der Waals surface area (Å²) in [5.41, 5.74) is 1.24. The summed E-state index contributed by atoms with van der Waals surface area (Å²) in [5.74, 6) is 0.459. The van der Waals surface area contributed by atoms with Gasteiger partial charge in [0.15, 0.2) is 11.5 Å². The monoisotopic (exact) mass is 375 g/mol. The summed E-state index contributed by atoms with van der Waals surface area (Å²) in [7, 11) is 1.52. The Morgan fingerprint density at radius 3 is 2.72 bits per heavy atom. The number of thiocarbonyl (C=S) groups is 1. The van der Waals surface area contributed by atoms with Crippen molar-refractivity contribution in [2.75, 3.05) is 7.11 Å². The van der Waals surface area contributed by atoms with Gasteiger partial charge in [-0.25, -0.2) is 4.39 Å². The smallest absolute Gasteiger partial charge is 0.263 e. The molecule has 1 aliphatic rings. The third-order valence-corrected chi connectivity index (χ3v) is 4.63. The molecule has 25 heavy (non-hydrogen) atoms. The van der Waals surface area contributed by atoms with Crippen LogP contribution in [0.5, 0.6) is 11.5 Å². The summed E-state index contributed by atoms with van der Waals surface area (Å²) >= 11 is 6.18. The van der Waals surface area contributed by atoms with Crippen LogP contribution >= 0.6 is 24.0 Å². The highest BCUT2D eigenvalue weighted by Crippen LogP contribution is 2.32. The highest BCUT2D eigenvalue weighted by Gasteiger charge is 2.22. The number of hydrogen-bond acceptors (Lipinski definition) is 5. The third kappa shape index (κ3) is 4.18. The van der Waals surface area contributed by atoms with E-state index in [-0.39, 0.29) is 18.3 Å². The van der Waals surface area contributed by atoms with Crippen LogP contribution in [-0.2, 0) is 11.4 Å². The maximum absolute atomic E-state index is 13.7. The Balaban J connectivity index is 1.78. The first-order chi connectivity index (χ1) is 12.1. The van der Waals surface area contributed by atoms with Crippen molar-refractivity contribution >= 4 is 40.3 Å². The largest absolute Gasteiger partial charge is 0.493 e. The van der Waals surface area contributed by atoms with Gasteiger partial charge in [-0.2, -0.15) is 0 Å². The van der Waals surface area contributed by atoms with E-state index in [4.69, 9.17) is 21.7 Å². The van der Waals surface area contributed by atoms with E-state index in [1.165, 1.54) is 24.9 Å². The molecule has 0 unspecified atom stereocenters. The molecule has 1 saturated heterocycles. The zero-order valence-electron chi connectivity index (χ0n) is 13.2. The van der Waals surface area contributed by atoms with E-state index in [1.54, 1.807) is 42.5 Å². The molecule has 0 saturated carbocycles. The molecular formula is C18H14FNO3S2. The van der Waals surface area contributed by atoms with Gasteiger partial charge in [0, 0.05) is 5.56 Å². The molecule has 0 spiro atoms. The Hall–Kier alpha value is -2.38. The van der Waals surface area contributed by atoms with Gasteiger partial charge in [-0.15, -0.1) is 0 Å². The van der Waals surface area contributed by atoms with E-state index in [9.17, 15) is 9.18 Å². The fourth-order valence-electron chi connectivity index (χ4n) is 2.24. The quantitative estimate of drug-likeness (QED) is 0.634. The summed E-state index contributed by atoms with van der Waals surface area (Å²) in [6, 6.07) is 11.7. The maximum Gasteiger partial charge on any atom is 0.263 e. The van der Waals surface area contributed by atoms with Crippen LogP contribution in [0.15, 0.2) is 47.4 Å². The highest BCUT2D eigenvalue weighted by molar-refractivity contribution is 8.26. The van der Waals surface area contributed by atoms with E-state index in [1.807, 2.05) is 0 Å². The number of carbonyl (C=O) groups excluding carboxylic acids is 1. The van der Waals surface area contributed by atoms with Crippen molar-refractivity contribution in [3.8, 4) is 11.5 Å². The van der Waals surface area contributed by atoms with Crippen LogP contribution in [0.3, 0.4) is 0 Å². The first kappa shape index (κ1) is 17.4. The van der Waals surface area contributed by atoms with Gasteiger partial charge in [0.05, 0.1) is 12.0 Å². The lowest BCUT2D eigenvalue weighted by molar-refractivity contribution is -0.115. The first-order valence-electron chi connectivity index (χ1n) is 7.36. The van der Waals surface area contributed by atoms with Gasteiger partial charge in [0.25, 0.3) is 5.91 Å². The molecule has 1 amide bonds. The van der Waals surface area contributed by atoms with Crippen LogP contribution in [0.1, 0.15) is 11.1 Å². The molecule has 3 rings (SSSR count). The summed E-state index contributed by atoms with van der Waals surface area (Å²) in [5, 5.41) is 2.57. The molecule has 0 atom stereocenters. The molecule has 0 aromatic heterocycles. The van der Waals surface area contributed by atoms with E-state index in [0.29, 0.717) is 26.3 Å². The second-order valence-corrected chi connectivity index (χ2v) is 6.86. The number of halogens is 1. The average molecular weight is 375 g/mol. The van der Waals surface area contributed by atoms with Crippen molar-refractivity contribution in [3.63, 3.8) is 0 Å². The minimum absolute atomic E-state index is 0.0933. The first-order valence-corrected chi connectivity index (χ1v) is 8.58. The standard InChI is InChI=1S/C18H14FNO3S2/c1-22-15-8-11(9-16-17(21)20-18(24)25-16)6-7-14(15)23-10-12-4-2-3-5-13(12)19/h2-9H,10H2,1H3,(H,20,21,24)/b16-9+. The van der Waals surface area contributed by atoms with Crippen LogP contribution in [0.25, 0.3) is 6.08 Å². The van der Waals surface area contributed by atoms with E-state index < -0.39 is 0 Å². The summed E-state index contributed by atoms with van der Waals surface area (Å²) in [4.78, 5) is 12.2. The normalized spacial score (nSPS) is 15.4. The predicted octanol–water partition coefficient (Wildman–Crippen LogP) is 3.90. The Morgan fingerprint density at radius 1 is 1.24 bits per heavy atom. The number of thioether (sulfide) groups is 1. The minimum Gasteiger partial charge on any atom is -0.493 e. The Bertz CT molecular complexity index is 867. The van der Waals surface area contributed by atoms with Crippen LogP contribution in [0.2, 0.25) is 0 Å². The molecule has 4 nitrogen and oxygen atoms in total. The second kappa shape index (κ2) is 7.67.